The van der Waals surface area contributed by atoms with Crippen molar-refractivity contribution >= 4 is 11.6 Å². The summed E-state index contributed by atoms with van der Waals surface area (Å²) in [4.78, 5) is 0. The Morgan fingerprint density at radius 1 is 0.871 bits per heavy atom. The van der Waals surface area contributed by atoms with Crippen LogP contribution in [-0.2, 0) is 12.8 Å². The predicted octanol–water partition coefficient (Wildman–Crippen LogP) is 7.58. The van der Waals surface area contributed by atoms with Crippen LogP contribution in [0, 0.1) is 11.6 Å². The Morgan fingerprint density at radius 3 is 2.23 bits per heavy atom. The largest absolute Gasteiger partial charge is 0.573 e. The van der Waals surface area contributed by atoms with Gasteiger partial charge in [0.2, 0.25) is 0 Å². The first-order chi connectivity index (χ1) is 14.7. The summed E-state index contributed by atoms with van der Waals surface area (Å²) in [6.45, 7) is 1.96. The maximum atomic E-state index is 15.2. The highest BCUT2D eigenvalue weighted by Gasteiger charge is 2.31. The molecule has 31 heavy (non-hydrogen) atoms. The molecule has 0 spiro atoms. The number of rotatable bonds is 4. The van der Waals surface area contributed by atoms with Crippen molar-refractivity contribution in [3.05, 3.63) is 88.5 Å². The van der Waals surface area contributed by atoms with Gasteiger partial charge in [-0.15, -0.1) is 13.2 Å². The second kappa shape index (κ2) is 8.17. The minimum absolute atomic E-state index is 0.285. The monoisotopic (exact) mass is 430 g/mol. The Morgan fingerprint density at radius 2 is 1.58 bits per heavy atom. The highest BCUT2D eigenvalue weighted by molar-refractivity contribution is 5.85. The Balaban J connectivity index is 1.64. The van der Waals surface area contributed by atoms with Crippen LogP contribution < -0.4 is 4.74 Å². The number of hydrogen-bond acceptors (Lipinski definition) is 1. The topological polar surface area (TPSA) is 9.23 Å². The summed E-state index contributed by atoms with van der Waals surface area (Å²) in [5, 5.41) is 0. The van der Waals surface area contributed by atoms with Crippen molar-refractivity contribution in [3.8, 4) is 16.9 Å². The molecule has 0 N–H and O–H groups in total. The molecule has 0 fully saturated rings. The first-order valence-electron chi connectivity index (χ1n) is 9.92. The zero-order valence-corrected chi connectivity index (χ0v) is 16.7. The molecule has 0 aromatic heterocycles. The van der Waals surface area contributed by atoms with Crippen LogP contribution in [0.2, 0.25) is 0 Å². The van der Waals surface area contributed by atoms with E-state index in [-0.39, 0.29) is 11.6 Å². The number of ether oxygens (including phenoxy) is 1. The zero-order valence-electron chi connectivity index (χ0n) is 16.7. The number of aryl methyl sites for hydroxylation is 1. The Kier molecular flexibility index (Phi) is 5.56. The van der Waals surface area contributed by atoms with Crippen molar-refractivity contribution in [3.63, 3.8) is 0 Å². The molecule has 0 bridgehead atoms. The molecule has 0 aliphatic heterocycles. The molecule has 1 aliphatic carbocycles. The first kappa shape index (κ1) is 21.1. The zero-order chi connectivity index (χ0) is 22.2. The maximum Gasteiger partial charge on any atom is 0.573 e. The summed E-state index contributed by atoms with van der Waals surface area (Å²) in [6.07, 6.45) is -1.33. The summed E-state index contributed by atoms with van der Waals surface area (Å²) in [5.41, 5.74) is 4.20. The van der Waals surface area contributed by atoms with Gasteiger partial charge in [-0.1, -0.05) is 49.4 Å². The van der Waals surface area contributed by atoms with Crippen LogP contribution in [0.1, 0.15) is 35.6 Å². The van der Waals surface area contributed by atoms with E-state index in [2.05, 4.69) is 4.74 Å². The minimum atomic E-state index is -4.78. The van der Waals surface area contributed by atoms with Gasteiger partial charge >= 0.3 is 6.36 Å². The van der Waals surface area contributed by atoms with E-state index in [4.69, 9.17) is 0 Å². The fraction of sp³-hybridized carbons (Fsp3) is 0.200. The van der Waals surface area contributed by atoms with Crippen LogP contribution in [0.15, 0.2) is 54.6 Å². The fourth-order valence-electron chi connectivity index (χ4n) is 3.86. The van der Waals surface area contributed by atoms with Gasteiger partial charge in [-0.25, -0.2) is 8.78 Å². The SMILES string of the molecule is CCc1ccc(C2=Cc3ccc(-c4ccc(OC(F)(F)F)cc4)c(F)c3CC2)c(F)c1. The summed E-state index contributed by atoms with van der Waals surface area (Å²) in [6, 6.07) is 13.6. The Bertz CT molecular complexity index is 1140. The van der Waals surface area contributed by atoms with E-state index in [1.807, 2.05) is 13.0 Å². The third-order valence-electron chi connectivity index (χ3n) is 5.44. The predicted molar refractivity (Wildman–Crippen MR) is 110 cm³/mol. The van der Waals surface area contributed by atoms with Crippen LogP contribution in [0.25, 0.3) is 22.8 Å². The number of benzene rings is 3. The molecular weight excluding hydrogens is 411 g/mol. The second-order valence-corrected chi connectivity index (χ2v) is 7.40. The van der Waals surface area contributed by atoms with Gasteiger partial charge in [-0.05, 0) is 65.3 Å². The molecule has 160 valence electrons. The Labute approximate surface area is 176 Å². The molecule has 0 radical (unpaired) electrons. The Hall–Kier alpha value is -3.15. The molecule has 3 aromatic rings. The summed E-state index contributed by atoms with van der Waals surface area (Å²) in [5.74, 6) is -1.07. The molecule has 0 atom stereocenters. The van der Waals surface area contributed by atoms with E-state index in [9.17, 15) is 17.6 Å². The molecule has 6 heteroatoms. The summed E-state index contributed by atoms with van der Waals surface area (Å²) in [7, 11) is 0. The van der Waals surface area contributed by atoms with E-state index in [1.165, 1.54) is 18.2 Å². The quantitative estimate of drug-likeness (QED) is 0.388. The third-order valence-corrected chi connectivity index (χ3v) is 5.44. The highest BCUT2D eigenvalue weighted by atomic mass is 19.4. The normalized spacial score (nSPS) is 13.5. The molecular formula is C25H19F5O. The average Bonchev–Trinajstić information content (AvgIpc) is 2.73. The highest BCUT2D eigenvalue weighted by Crippen LogP contribution is 2.37. The van der Waals surface area contributed by atoms with Crippen molar-refractivity contribution in [1.82, 2.24) is 0 Å². The molecule has 0 heterocycles. The number of hydrogen-bond donors (Lipinski definition) is 0. The summed E-state index contributed by atoms with van der Waals surface area (Å²) < 4.78 is 70.5. The van der Waals surface area contributed by atoms with Gasteiger partial charge in [0.1, 0.15) is 17.4 Å². The van der Waals surface area contributed by atoms with E-state index >= 15 is 4.39 Å². The molecule has 1 aliphatic rings. The van der Waals surface area contributed by atoms with Crippen LogP contribution in [0.5, 0.6) is 5.75 Å². The van der Waals surface area contributed by atoms with E-state index in [1.54, 1.807) is 24.3 Å². The van der Waals surface area contributed by atoms with Gasteiger partial charge in [0.15, 0.2) is 0 Å². The van der Waals surface area contributed by atoms with Crippen molar-refractivity contribution in [2.45, 2.75) is 32.5 Å². The van der Waals surface area contributed by atoms with Crippen molar-refractivity contribution in [2.75, 3.05) is 0 Å². The van der Waals surface area contributed by atoms with Gasteiger partial charge < -0.3 is 4.74 Å². The lowest BCUT2D eigenvalue weighted by Crippen LogP contribution is -2.16. The molecule has 0 saturated heterocycles. The van der Waals surface area contributed by atoms with Gasteiger partial charge in [-0.3, -0.25) is 0 Å². The van der Waals surface area contributed by atoms with E-state index < -0.39 is 12.2 Å². The summed E-state index contributed by atoms with van der Waals surface area (Å²) >= 11 is 0. The van der Waals surface area contributed by atoms with Gasteiger partial charge in [-0.2, -0.15) is 0 Å². The molecule has 4 rings (SSSR count). The van der Waals surface area contributed by atoms with Gasteiger partial charge in [0, 0.05) is 11.1 Å². The molecule has 0 unspecified atom stereocenters. The molecule has 3 aromatic carbocycles. The van der Waals surface area contributed by atoms with Crippen molar-refractivity contribution in [2.24, 2.45) is 0 Å². The lowest BCUT2D eigenvalue weighted by Gasteiger charge is -2.20. The lowest BCUT2D eigenvalue weighted by atomic mass is 9.86. The minimum Gasteiger partial charge on any atom is -0.406 e. The molecule has 0 amide bonds. The van der Waals surface area contributed by atoms with Crippen LogP contribution in [-0.4, -0.2) is 6.36 Å². The van der Waals surface area contributed by atoms with Crippen molar-refractivity contribution < 1.29 is 26.7 Å². The lowest BCUT2D eigenvalue weighted by molar-refractivity contribution is -0.274. The maximum absolute atomic E-state index is 15.2. The van der Waals surface area contributed by atoms with Gasteiger partial charge in [0.05, 0.1) is 0 Å². The van der Waals surface area contributed by atoms with Crippen LogP contribution in [0.3, 0.4) is 0 Å². The van der Waals surface area contributed by atoms with Gasteiger partial charge in [0.25, 0.3) is 0 Å². The number of fused-ring (bicyclic) bond motifs is 1. The fourth-order valence-corrected chi connectivity index (χ4v) is 3.86. The second-order valence-electron chi connectivity index (χ2n) is 7.40. The number of halogens is 5. The van der Waals surface area contributed by atoms with Crippen LogP contribution in [0.4, 0.5) is 22.0 Å². The standard InChI is InChI=1S/C25H19F5O/c1-2-15-3-10-20(23(26)13-15)17-6-12-22-18(14-17)7-11-21(24(22)27)16-4-8-19(9-5-16)31-25(28,29)30/h3-5,7-11,13-14H,2,6,12H2,1H3. The molecule has 0 saturated carbocycles. The average molecular weight is 430 g/mol. The third kappa shape index (κ3) is 4.48. The van der Waals surface area contributed by atoms with Crippen molar-refractivity contribution in [1.29, 1.82) is 0 Å². The smallest absolute Gasteiger partial charge is 0.406 e. The van der Waals surface area contributed by atoms with E-state index in [0.717, 1.165) is 29.7 Å². The number of alkyl halides is 3. The van der Waals surface area contributed by atoms with Crippen LogP contribution >= 0.6 is 0 Å². The molecule has 1 nitrogen and oxygen atoms in total. The first-order valence-corrected chi connectivity index (χ1v) is 9.92. The number of allylic oxidation sites excluding steroid dienone is 1. The van der Waals surface area contributed by atoms with E-state index in [0.29, 0.717) is 40.7 Å².